The minimum Gasteiger partial charge on any atom is -0.465 e. The number of sulfone groups is 1. The van der Waals surface area contributed by atoms with Crippen molar-refractivity contribution in [1.29, 1.82) is 0 Å². The van der Waals surface area contributed by atoms with E-state index in [2.05, 4.69) is 19.9 Å². The van der Waals surface area contributed by atoms with Gasteiger partial charge in [0.2, 0.25) is 0 Å². The van der Waals surface area contributed by atoms with Crippen LogP contribution >= 0.6 is 0 Å². The molecular weight excluding hydrogens is 384 g/mol. The quantitative estimate of drug-likeness (QED) is 0.508. The molecule has 0 N–H and O–H groups in total. The van der Waals surface area contributed by atoms with Crippen LogP contribution in [-0.4, -0.2) is 8.42 Å². The minimum atomic E-state index is -3.72. The van der Waals surface area contributed by atoms with Crippen molar-refractivity contribution in [2.45, 2.75) is 64.0 Å². The topological polar surface area (TPSA) is 64.3 Å². The predicted octanol–water partition coefficient (Wildman–Crippen LogP) is 5.85. The lowest BCUT2D eigenvalue weighted by Gasteiger charge is -2.17. The van der Waals surface area contributed by atoms with Crippen LogP contribution in [0.5, 0.6) is 0 Å². The second kappa shape index (κ2) is 9.88. The van der Waals surface area contributed by atoms with Gasteiger partial charge in [0.25, 0.3) is 0 Å². The number of allylic oxidation sites excluding steroid dienone is 4. The first kappa shape index (κ1) is 22.9. The summed E-state index contributed by atoms with van der Waals surface area (Å²) in [7, 11) is -3.72. The van der Waals surface area contributed by atoms with E-state index in [1.165, 1.54) is 17.7 Å². The Morgan fingerprint density at radius 3 is 2.28 bits per heavy atom. The zero-order chi connectivity index (χ0) is 21.6. The lowest BCUT2D eigenvalue weighted by Crippen LogP contribution is -2.16. The molecule has 0 amide bonds. The van der Waals surface area contributed by atoms with Gasteiger partial charge in [0, 0.05) is 12.1 Å². The largest absolute Gasteiger partial charge is 0.465 e. The fourth-order valence-electron chi connectivity index (χ4n) is 3.07. The Labute approximate surface area is 173 Å². The standard InChI is InChI=1S/C24H30O4S/c1-17(2)7-6-8-18(3)11-14-24(23-16-21(25)15-20(5)28-23)29(26,27)22-12-9-19(4)10-13-22/h7,9-13,15-16,24H,6,8,14H2,1-5H3/b18-11+. The van der Waals surface area contributed by atoms with E-state index in [1.54, 1.807) is 31.2 Å². The summed E-state index contributed by atoms with van der Waals surface area (Å²) in [6, 6.07) is 9.41. The van der Waals surface area contributed by atoms with Gasteiger partial charge in [0.1, 0.15) is 16.8 Å². The monoisotopic (exact) mass is 414 g/mol. The molecule has 0 aliphatic rings. The summed E-state index contributed by atoms with van der Waals surface area (Å²) in [4.78, 5) is 12.2. The van der Waals surface area contributed by atoms with Gasteiger partial charge in [-0.2, -0.15) is 0 Å². The molecule has 0 spiro atoms. The van der Waals surface area contributed by atoms with Gasteiger partial charge in [-0.05, 0) is 66.0 Å². The summed E-state index contributed by atoms with van der Waals surface area (Å²) in [5.74, 6) is 0.588. The van der Waals surface area contributed by atoms with Crippen LogP contribution in [0.1, 0.15) is 62.4 Å². The number of hydrogen-bond acceptors (Lipinski definition) is 4. The lowest BCUT2D eigenvalue weighted by atomic mass is 10.1. The molecule has 4 nitrogen and oxygen atoms in total. The zero-order valence-corrected chi connectivity index (χ0v) is 18.7. The molecular formula is C24H30O4S. The molecule has 1 heterocycles. The zero-order valence-electron chi connectivity index (χ0n) is 17.9. The van der Waals surface area contributed by atoms with Gasteiger partial charge in [0.15, 0.2) is 15.3 Å². The average molecular weight is 415 g/mol. The molecule has 1 unspecified atom stereocenters. The van der Waals surface area contributed by atoms with Gasteiger partial charge in [-0.25, -0.2) is 8.42 Å². The van der Waals surface area contributed by atoms with E-state index in [4.69, 9.17) is 4.42 Å². The number of aryl methyl sites for hydroxylation is 2. The maximum absolute atomic E-state index is 13.4. The minimum absolute atomic E-state index is 0.184. The first-order valence-electron chi connectivity index (χ1n) is 9.81. The van der Waals surface area contributed by atoms with E-state index in [0.717, 1.165) is 24.0 Å². The molecule has 0 radical (unpaired) electrons. The Morgan fingerprint density at radius 1 is 1.03 bits per heavy atom. The summed E-state index contributed by atoms with van der Waals surface area (Å²) < 4.78 is 32.4. The molecule has 2 rings (SSSR count). The first-order valence-corrected chi connectivity index (χ1v) is 11.4. The first-order chi connectivity index (χ1) is 13.6. The molecule has 0 aliphatic carbocycles. The molecule has 0 saturated heterocycles. The number of hydrogen-bond donors (Lipinski definition) is 0. The Morgan fingerprint density at radius 2 is 1.69 bits per heavy atom. The average Bonchev–Trinajstić information content (AvgIpc) is 2.61. The van der Waals surface area contributed by atoms with E-state index in [9.17, 15) is 13.2 Å². The lowest BCUT2D eigenvalue weighted by molar-refractivity contribution is 0.451. The molecule has 0 saturated carbocycles. The van der Waals surface area contributed by atoms with Crippen molar-refractivity contribution in [2.75, 3.05) is 0 Å². The molecule has 0 aliphatic heterocycles. The molecule has 1 aromatic heterocycles. The van der Waals surface area contributed by atoms with Crippen molar-refractivity contribution < 1.29 is 12.8 Å². The summed E-state index contributed by atoms with van der Waals surface area (Å²) in [5.41, 5.74) is 3.11. The van der Waals surface area contributed by atoms with Crippen LogP contribution in [0.2, 0.25) is 0 Å². The van der Waals surface area contributed by atoms with E-state index >= 15 is 0 Å². The van der Waals surface area contributed by atoms with Crippen LogP contribution in [0.15, 0.2) is 73.8 Å². The van der Waals surface area contributed by atoms with Gasteiger partial charge >= 0.3 is 0 Å². The van der Waals surface area contributed by atoms with Crippen molar-refractivity contribution in [2.24, 2.45) is 0 Å². The maximum Gasteiger partial charge on any atom is 0.188 e. The third-order valence-electron chi connectivity index (χ3n) is 4.72. The Balaban J connectivity index is 2.42. The normalized spacial score (nSPS) is 13.2. The van der Waals surface area contributed by atoms with Crippen molar-refractivity contribution in [3.05, 3.63) is 87.0 Å². The highest BCUT2D eigenvalue weighted by atomic mass is 32.2. The molecule has 2 aromatic rings. The summed E-state index contributed by atoms with van der Waals surface area (Å²) in [5, 5.41) is -0.948. The maximum atomic E-state index is 13.4. The van der Waals surface area contributed by atoms with Crippen LogP contribution < -0.4 is 5.43 Å². The molecule has 29 heavy (non-hydrogen) atoms. The second-order valence-corrected chi connectivity index (χ2v) is 9.89. The SMILES string of the molecule is CC(C)=CCC/C(C)=C/CC(c1cc(=O)cc(C)o1)S(=O)(=O)c1ccc(C)cc1. The summed E-state index contributed by atoms with van der Waals surface area (Å²) in [6.07, 6.45) is 6.14. The van der Waals surface area contributed by atoms with Gasteiger partial charge < -0.3 is 4.42 Å². The Bertz CT molecular complexity index is 1050. The van der Waals surface area contributed by atoms with Gasteiger partial charge in [0.05, 0.1) is 4.90 Å². The van der Waals surface area contributed by atoms with Crippen LogP contribution in [0.4, 0.5) is 0 Å². The van der Waals surface area contributed by atoms with Crippen molar-refractivity contribution in [1.82, 2.24) is 0 Å². The highest BCUT2D eigenvalue weighted by Gasteiger charge is 2.31. The highest BCUT2D eigenvalue weighted by molar-refractivity contribution is 7.91. The fourth-order valence-corrected chi connectivity index (χ4v) is 4.69. The fraction of sp³-hybridized carbons (Fsp3) is 0.375. The van der Waals surface area contributed by atoms with Crippen LogP contribution in [-0.2, 0) is 9.84 Å². The summed E-state index contributed by atoms with van der Waals surface area (Å²) in [6.45, 7) is 9.68. The van der Waals surface area contributed by atoms with Crippen LogP contribution in [0.25, 0.3) is 0 Å². The molecule has 0 bridgehead atoms. The Hall–Kier alpha value is -2.40. The Kier molecular flexibility index (Phi) is 7.80. The third kappa shape index (κ3) is 6.57. The van der Waals surface area contributed by atoms with Crippen molar-refractivity contribution in [3.8, 4) is 0 Å². The van der Waals surface area contributed by atoms with Crippen molar-refractivity contribution in [3.63, 3.8) is 0 Å². The van der Waals surface area contributed by atoms with Gasteiger partial charge in [-0.15, -0.1) is 0 Å². The second-order valence-electron chi connectivity index (χ2n) is 7.76. The smallest absolute Gasteiger partial charge is 0.188 e. The molecule has 1 aromatic carbocycles. The predicted molar refractivity (Wildman–Crippen MR) is 118 cm³/mol. The molecule has 5 heteroatoms. The number of rotatable bonds is 8. The summed E-state index contributed by atoms with van der Waals surface area (Å²) >= 11 is 0. The molecule has 1 atom stereocenters. The van der Waals surface area contributed by atoms with E-state index < -0.39 is 15.1 Å². The van der Waals surface area contributed by atoms with E-state index in [1.807, 2.05) is 19.9 Å². The van der Waals surface area contributed by atoms with Gasteiger partial charge in [-0.3, -0.25) is 4.79 Å². The molecule has 156 valence electrons. The van der Waals surface area contributed by atoms with E-state index in [0.29, 0.717) is 5.76 Å². The van der Waals surface area contributed by atoms with Crippen LogP contribution in [0, 0.1) is 13.8 Å². The van der Waals surface area contributed by atoms with Crippen LogP contribution in [0.3, 0.4) is 0 Å². The highest BCUT2D eigenvalue weighted by Crippen LogP contribution is 2.33. The van der Waals surface area contributed by atoms with Crippen molar-refractivity contribution >= 4 is 9.84 Å². The molecule has 0 fully saturated rings. The number of benzene rings is 1. The third-order valence-corrected chi connectivity index (χ3v) is 6.83. The van der Waals surface area contributed by atoms with Gasteiger partial charge in [-0.1, -0.05) is 41.0 Å². The van der Waals surface area contributed by atoms with E-state index in [-0.39, 0.29) is 22.5 Å².